The monoisotopic (exact) mass is 386 g/mol. The van der Waals surface area contributed by atoms with Crippen molar-refractivity contribution in [3.8, 4) is 11.5 Å². The Morgan fingerprint density at radius 1 is 1.22 bits per heavy atom. The molecular formula is C20H15ClO6. The lowest BCUT2D eigenvalue weighted by Gasteiger charge is -2.24. The summed E-state index contributed by atoms with van der Waals surface area (Å²) in [6.07, 6.45) is 0.472. The predicted molar refractivity (Wildman–Crippen MR) is 98.1 cm³/mol. The van der Waals surface area contributed by atoms with Gasteiger partial charge < -0.3 is 19.0 Å². The number of fused-ring (bicyclic) bond motifs is 2. The van der Waals surface area contributed by atoms with Gasteiger partial charge in [-0.15, -0.1) is 0 Å². The molecule has 0 saturated carbocycles. The number of carbonyl (C=O) groups excluding carboxylic acids is 1. The van der Waals surface area contributed by atoms with Crippen molar-refractivity contribution in [1.29, 1.82) is 0 Å². The first-order valence-corrected chi connectivity index (χ1v) is 8.71. The van der Waals surface area contributed by atoms with Crippen molar-refractivity contribution in [3.05, 3.63) is 69.0 Å². The van der Waals surface area contributed by atoms with E-state index in [1.165, 1.54) is 18.2 Å². The third kappa shape index (κ3) is 3.61. The van der Waals surface area contributed by atoms with Crippen molar-refractivity contribution in [3.63, 3.8) is 0 Å². The van der Waals surface area contributed by atoms with Gasteiger partial charge in [0.15, 0.2) is 0 Å². The smallest absolute Gasteiger partial charge is 0.336 e. The molecular weight excluding hydrogens is 372 g/mol. The van der Waals surface area contributed by atoms with Crippen LogP contribution < -0.4 is 10.4 Å². The number of phenolic OH excluding ortho intramolecular Hbond substituents is 1. The first kappa shape index (κ1) is 17.4. The first-order chi connectivity index (χ1) is 13.0. The third-order valence-corrected chi connectivity index (χ3v) is 4.68. The fraction of sp³-hybridized carbons (Fsp3) is 0.200. The number of halogens is 1. The van der Waals surface area contributed by atoms with Crippen LogP contribution in [0, 0.1) is 5.92 Å². The molecule has 0 saturated heterocycles. The van der Waals surface area contributed by atoms with E-state index in [0.29, 0.717) is 22.4 Å². The van der Waals surface area contributed by atoms with Crippen LogP contribution in [0.5, 0.6) is 11.5 Å². The molecule has 1 atom stereocenters. The summed E-state index contributed by atoms with van der Waals surface area (Å²) in [7, 11) is 0. The lowest BCUT2D eigenvalue weighted by molar-refractivity contribution is -0.151. The maximum absolute atomic E-state index is 12.5. The molecule has 0 spiro atoms. The second-order valence-electron chi connectivity index (χ2n) is 6.34. The van der Waals surface area contributed by atoms with E-state index < -0.39 is 17.5 Å². The molecule has 2 heterocycles. The molecule has 3 aromatic rings. The van der Waals surface area contributed by atoms with Crippen LogP contribution in [0.15, 0.2) is 51.7 Å². The lowest BCUT2D eigenvalue weighted by Crippen LogP contribution is -2.29. The van der Waals surface area contributed by atoms with Gasteiger partial charge >= 0.3 is 11.6 Å². The Morgan fingerprint density at radius 3 is 2.93 bits per heavy atom. The zero-order valence-corrected chi connectivity index (χ0v) is 14.9. The Bertz CT molecular complexity index is 1090. The molecule has 0 fully saturated rings. The zero-order chi connectivity index (χ0) is 19.0. The van der Waals surface area contributed by atoms with E-state index in [9.17, 15) is 14.7 Å². The van der Waals surface area contributed by atoms with E-state index in [2.05, 4.69) is 0 Å². The zero-order valence-electron chi connectivity index (χ0n) is 14.1. The predicted octanol–water partition coefficient (Wildman–Crippen LogP) is 3.45. The Morgan fingerprint density at radius 2 is 2.07 bits per heavy atom. The molecule has 0 bridgehead atoms. The van der Waals surface area contributed by atoms with Crippen LogP contribution >= 0.6 is 11.6 Å². The first-order valence-electron chi connectivity index (χ1n) is 8.33. The molecule has 0 amide bonds. The van der Waals surface area contributed by atoms with Crippen LogP contribution in [0.4, 0.5) is 0 Å². The standard InChI is InChI=1S/C20H15ClO6/c21-14-1-4-17-11(6-14)5-13(10-25-17)20(24)26-9-12-7-19(23)27-18-8-15(22)2-3-16(12)18/h1-4,6-8,13,22H,5,9-10H2/t13-/m0/s1. The van der Waals surface area contributed by atoms with Gasteiger partial charge in [0, 0.05) is 28.1 Å². The maximum Gasteiger partial charge on any atom is 0.336 e. The summed E-state index contributed by atoms with van der Waals surface area (Å²) in [5.41, 5.74) is 1.02. The van der Waals surface area contributed by atoms with Crippen LogP contribution in [0.3, 0.4) is 0 Å². The number of aromatic hydroxyl groups is 1. The number of ether oxygens (including phenoxy) is 2. The quantitative estimate of drug-likeness (QED) is 0.548. The third-order valence-electron chi connectivity index (χ3n) is 4.45. The Balaban J connectivity index is 1.50. The summed E-state index contributed by atoms with van der Waals surface area (Å²) in [5, 5.41) is 10.7. The van der Waals surface area contributed by atoms with E-state index in [1.807, 2.05) is 0 Å². The topological polar surface area (TPSA) is 86.0 Å². The van der Waals surface area contributed by atoms with Gasteiger partial charge in [-0.1, -0.05) is 11.6 Å². The van der Waals surface area contributed by atoms with Crippen molar-refractivity contribution in [2.45, 2.75) is 13.0 Å². The number of hydrogen-bond acceptors (Lipinski definition) is 6. The van der Waals surface area contributed by atoms with Crippen LogP contribution in [-0.4, -0.2) is 17.7 Å². The Hall–Kier alpha value is -2.99. The highest BCUT2D eigenvalue weighted by Crippen LogP contribution is 2.30. The molecule has 2 aromatic carbocycles. The van der Waals surface area contributed by atoms with Gasteiger partial charge in [0.05, 0.1) is 5.92 Å². The molecule has 1 aliphatic rings. The molecule has 0 radical (unpaired) electrons. The molecule has 0 aliphatic carbocycles. The second kappa shape index (κ2) is 6.96. The molecule has 1 aromatic heterocycles. The second-order valence-corrected chi connectivity index (χ2v) is 6.78. The number of hydrogen-bond donors (Lipinski definition) is 1. The summed E-state index contributed by atoms with van der Waals surface area (Å²) in [6.45, 7) is 0.142. The van der Waals surface area contributed by atoms with Gasteiger partial charge in [-0.2, -0.15) is 0 Å². The van der Waals surface area contributed by atoms with Gasteiger partial charge in [0.2, 0.25) is 0 Å². The number of phenols is 1. The van der Waals surface area contributed by atoms with E-state index in [4.69, 9.17) is 25.5 Å². The van der Waals surface area contributed by atoms with Gasteiger partial charge in [-0.3, -0.25) is 4.79 Å². The maximum atomic E-state index is 12.5. The fourth-order valence-electron chi connectivity index (χ4n) is 3.12. The highest BCUT2D eigenvalue weighted by atomic mass is 35.5. The summed E-state index contributed by atoms with van der Waals surface area (Å²) in [6, 6.07) is 11.0. The number of esters is 1. The molecule has 27 heavy (non-hydrogen) atoms. The highest BCUT2D eigenvalue weighted by molar-refractivity contribution is 6.30. The summed E-state index contributed by atoms with van der Waals surface area (Å²) in [5.74, 6) is -0.168. The average molecular weight is 387 g/mol. The van der Waals surface area contributed by atoms with E-state index >= 15 is 0 Å². The van der Waals surface area contributed by atoms with Crippen molar-refractivity contribution >= 4 is 28.5 Å². The van der Waals surface area contributed by atoms with Gasteiger partial charge in [0.25, 0.3) is 0 Å². The minimum atomic E-state index is -0.580. The molecule has 4 rings (SSSR count). The minimum absolute atomic E-state index is 0.0172. The number of carbonyl (C=O) groups is 1. The van der Waals surface area contributed by atoms with E-state index in [0.717, 1.165) is 11.3 Å². The van der Waals surface area contributed by atoms with Gasteiger partial charge in [0.1, 0.15) is 30.3 Å². The van der Waals surface area contributed by atoms with Gasteiger partial charge in [-0.05, 0) is 42.3 Å². The van der Waals surface area contributed by atoms with E-state index in [1.54, 1.807) is 24.3 Å². The molecule has 1 N–H and O–H groups in total. The summed E-state index contributed by atoms with van der Waals surface area (Å²) >= 11 is 6.00. The van der Waals surface area contributed by atoms with Gasteiger partial charge in [-0.25, -0.2) is 4.79 Å². The Kier molecular flexibility index (Phi) is 4.49. The molecule has 7 heteroatoms. The number of benzene rings is 2. The number of rotatable bonds is 3. The van der Waals surface area contributed by atoms with Crippen LogP contribution in [0.25, 0.3) is 11.0 Å². The highest BCUT2D eigenvalue weighted by Gasteiger charge is 2.27. The molecule has 0 unspecified atom stereocenters. The van der Waals surface area contributed by atoms with Crippen LogP contribution in [-0.2, 0) is 22.6 Å². The van der Waals surface area contributed by atoms with E-state index in [-0.39, 0.29) is 24.5 Å². The molecule has 6 nitrogen and oxygen atoms in total. The SMILES string of the molecule is O=C(OCc1cc(=O)oc2cc(O)ccc12)[C@@H]1COc2ccc(Cl)cc2C1. The van der Waals surface area contributed by atoms with Crippen LogP contribution in [0.1, 0.15) is 11.1 Å². The summed E-state index contributed by atoms with van der Waals surface area (Å²) in [4.78, 5) is 24.2. The largest absolute Gasteiger partial charge is 0.508 e. The average Bonchev–Trinajstić information content (AvgIpc) is 2.64. The summed E-state index contributed by atoms with van der Waals surface area (Å²) < 4.78 is 16.1. The molecule has 1 aliphatic heterocycles. The van der Waals surface area contributed by atoms with Crippen molar-refractivity contribution in [2.24, 2.45) is 5.92 Å². The Labute approximate surface area is 158 Å². The van der Waals surface area contributed by atoms with Crippen molar-refractivity contribution < 1.29 is 23.8 Å². The minimum Gasteiger partial charge on any atom is -0.508 e. The fourth-order valence-corrected chi connectivity index (χ4v) is 3.31. The van der Waals surface area contributed by atoms with Crippen LogP contribution in [0.2, 0.25) is 5.02 Å². The van der Waals surface area contributed by atoms with Crippen molar-refractivity contribution in [2.75, 3.05) is 6.61 Å². The lowest BCUT2D eigenvalue weighted by atomic mass is 9.97. The molecule has 138 valence electrons. The van der Waals surface area contributed by atoms with Crippen molar-refractivity contribution in [1.82, 2.24) is 0 Å². The normalized spacial score (nSPS) is 15.8.